The number of fused-ring (bicyclic) bond motifs is 1. The lowest BCUT2D eigenvalue weighted by molar-refractivity contribution is -0.130. The zero-order valence-electron chi connectivity index (χ0n) is 8.32. The van der Waals surface area contributed by atoms with Gasteiger partial charge < -0.3 is 4.90 Å². The van der Waals surface area contributed by atoms with Crippen molar-refractivity contribution in [1.82, 2.24) is 4.90 Å². The maximum absolute atomic E-state index is 11.7. The number of benzene rings is 1. The van der Waals surface area contributed by atoms with Gasteiger partial charge in [0.05, 0.1) is 0 Å². The van der Waals surface area contributed by atoms with Crippen LogP contribution in [0.1, 0.15) is 12.0 Å². The van der Waals surface area contributed by atoms with E-state index in [1.807, 2.05) is 17.0 Å². The second-order valence-electron chi connectivity index (χ2n) is 4.45. The van der Waals surface area contributed by atoms with Gasteiger partial charge in [0.15, 0.2) is 0 Å². The molecule has 2 fully saturated rings. The molecular formula is C12H12BrNO. The standard InChI is InChI=1S/C12H12BrNO/c13-10-3-1-8(2-4-10)6-14-7-9-5-11(9)12(14)15/h1-4,9,11H,5-7H2. The zero-order valence-corrected chi connectivity index (χ0v) is 9.90. The Labute approximate surface area is 97.4 Å². The van der Waals surface area contributed by atoms with E-state index in [1.165, 1.54) is 5.56 Å². The molecular weight excluding hydrogens is 254 g/mol. The molecule has 2 aliphatic rings. The van der Waals surface area contributed by atoms with E-state index in [4.69, 9.17) is 0 Å². The van der Waals surface area contributed by atoms with Crippen LogP contribution in [0.25, 0.3) is 0 Å². The summed E-state index contributed by atoms with van der Waals surface area (Å²) in [5.74, 6) is 1.41. The molecule has 1 aromatic carbocycles. The Balaban J connectivity index is 1.70. The number of amides is 1. The van der Waals surface area contributed by atoms with Crippen LogP contribution in [0.3, 0.4) is 0 Å². The van der Waals surface area contributed by atoms with E-state index in [0.29, 0.717) is 17.7 Å². The highest BCUT2D eigenvalue weighted by atomic mass is 79.9. The third-order valence-corrected chi connectivity index (χ3v) is 3.82. The molecule has 1 saturated heterocycles. The van der Waals surface area contributed by atoms with Crippen molar-refractivity contribution in [1.29, 1.82) is 0 Å². The van der Waals surface area contributed by atoms with Gasteiger partial charge in [-0.1, -0.05) is 28.1 Å². The first-order valence-electron chi connectivity index (χ1n) is 5.27. The summed E-state index contributed by atoms with van der Waals surface area (Å²) in [7, 11) is 0. The molecule has 1 aliphatic heterocycles. The molecule has 2 unspecified atom stereocenters. The van der Waals surface area contributed by atoms with Gasteiger partial charge in [-0.05, 0) is 30.0 Å². The lowest BCUT2D eigenvalue weighted by Gasteiger charge is -2.18. The predicted octanol–water partition coefficient (Wildman–Crippen LogP) is 2.43. The Kier molecular flexibility index (Phi) is 2.09. The van der Waals surface area contributed by atoms with Crippen molar-refractivity contribution in [2.75, 3.05) is 6.54 Å². The highest BCUT2D eigenvalue weighted by molar-refractivity contribution is 9.10. The molecule has 0 aromatic heterocycles. The number of rotatable bonds is 2. The topological polar surface area (TPSA) is 20.3 Å². The van der Waals surface area contributed by atoms with Gasteiger partial charge in [-0.2, -0.15) is 0 Å². The maximum atomic E-state index is 11.7. The third-order valence-electron chi connectivity index (χ3n) is 3.29. The smallest absolute Gasteiger partial charge is 0.226 e. The number of carbonyl (C=O) groups is 1. The van der Waals surface area contributed by atoms with Gasteiger partial charge in [0.1, 0.15) is 0 Å². The van der Waals surface area contributed by atoms with Crippen LogP contribution < -0.4 is 0 Å². The Morgan fingerprint density at radius 1 is 1.33 bits per heavy atom. The van der Waals surface area contributed by atoms with Gasteiger partial charge in [-0.15, -0.1) is 0 Å². The van der Waals surface area contributed by atoms with E-state index in [1.54, 1.807) is 0 Å². The average Bonchev–Trinajstić information content (AvgIpc) is 2.93. The number of piperidine rings is 1. The average molecular weight is 266 g/mol. The summed E-state index contributed by atoms with van der Waals surface area (Å²) in [4.78, 5) is 13.7. The van der Waals surface area contributed by atoms with Gasteiger partial charge >= 0.3 is 0 Å². The molecule has 0 N–H and O–H groups in total. The van der Waals surface area contributed by atoms with Crippen LogP contribution >= 0.6 is 15.9 Å². The molecule has 3 rings (SSSR count). The fourth-order valence-corrected chi connectivity index (χ4v) is 2.58. The number of carbonyl (C=O) groups excluding carboxylic acids is 1. The molecule has 3 heteroatoms. The van der Waals surface area contributed by atoms with Gasteiger partial charge in [0.25, 0.3) is 0 Å². The SMILES string of the molecule is O=C1C2CC2CN1Cc1ccc(Br)cc1. The molecule has 1 aromatic rings. The first kappa shape index (κ1) is 9.40. The lowest BCUT2D eigenvalue weighted by atomic mass is 10.2. The number of likely N-dealkylation sites (tertiary alicyclic amines) is 1. The molecule has 0 radical (unpaired) electrons. The van der Waals surface area contributed by atoms with Crippen molar-refractivity contribution in [3.05, 3.63) is 34.3 Å². The Bertz CT molecular complexity index is 401. The van der Waals surface area contributed by atoms with Crippen molar-refractivity contribution in [3.63, 3.8) is 0 Å². The van der Waals surface area contributed by atoms with Crippen molar-refractivity contribution in [2.45, 2.75) is 13.0 Å². The molecule has 1 saturated carbocycles. The van der Waals surface area contributed by atoms with E-state index in [2.05, 4.69) is 28.1 Å². The first-order valence-corrected chi connectivity index (χ1v) is 6.06. The summed E-state index contributed by atoms with van der Waals surface area (Å²) in [6, 6.07) is 8.19. The van der Waals surface area contributed by atoms with Gasteiger partial charge in [0, 0.05) is 23.5 Å². The molecule has 2 nitrogen and oxygen atoms in total. The molecule has 2 atom stereocenters. The fraction of sp³-hybridized carbons (Fsp3) is 0.417. The molecule has 1 heterocycles. The van der Waals surface area contributed by atoms with E-state index < -0.39 is 0 Å². The second-order valence-corrected chi connectivity index (χ2v) is 5.36. The van der Waals surface area contributed by atoms with Crippen LogP contribution in [-0.2, 0) is 11.3 Å². The van der Waals surface area contributed by atoms with Crippen LogP contribution in [0.15, 0.2) is 28.7 Å². The van der Waals surface area contributed by atoms with Crippen molar-refractivity contribution >= 4 is 21.8 Å². The minimum atomic E-state index is 0.364. The molecule has 0 bridgehead atoms. The second kappa shape index (κ2) is 3.34. The lowest BCUT2D eigenvalue weighted by Crippen LogP contribution is -2.27. The monoisotopic (exact) mass is 265 g/mol. The van der Waals surface area contributed by atoms with E-state index in [-0.39, 0.29) is 0 Å². The summed E-state index contributed by atoms with van der Waals surface area (Å²) in [6.45, 7) is 1.75. The first-order chi connectivity index (χ1) is 7.24. The minimum Gasteiger partial charge on any atom is -0.338 e. The quantitative estimate of drug-likeness (QED) is 0.805. The molecule has 15 heavy (non-hydrogen) atoms. The Morgan fingerprint density at radius 2 is 2.07 bits per heavy atom. The van der Waals surface area contributed by atoms with Crippen molar-refractivity contribution < 1.29 is 4.79 Å². The maximum Gasteiger partial charge on any atom is 0.226 e. The molecule has 1 aliphatic carbocycles. The van der Waals surface area contributed by atoms with Crippen LogP contribution in [0.4, 0.5) is 0 Å². The van der Waals surface area contributed by atoms with Crippen LogP contribution in [0.5, 0.6) is 0 Å². The Hall–Kier alpha value is -0.830. The van der Waals surface area contributed by atoms with Crippen molar-refractivity contribution in [3.8, 4) is 0 Å². The van der Waals surface area contributed by atoms with Gasteiger partial charge in [-0.3, -0.25) is 4.79 Å². The normalized spacial score (nSPS) is 28.1. The fourth-order valence-electron chi connectivity index (χ4n) is 2.31. The van der Waals surface area contributed by atoms with Crippen LogP contribution in [0.2, 0.25) is 0 Å². The Morgan fingerprint density at radius 3 is 2.67 bits per heavy atom. The summed E-state index contributed by atoms with van der Waals surface area (Å²) in [5, 5.41) is 0. The summed E-state index contributed by atoms with van der Waals surface area (Å²) in [5.41, 5.74) is 1.22. The molecule has 1 amide bonds. The van der Waals surface area contributed by atoms with Crippen LogP contribution in [0, 0.1) is 11.8 Å². The van der Waals surface area contributed by atoms with E-state index in [0.717, 1.165) is 24.0 Å². The largest absolute Gasteiger partial charge is 0.338 e. The summed E-state index contributed by atoms with van der Waals surface area (Å²) in [6.07, 6.45) is 1.13. The minimum absolute atomic E-state index is 0.364. The predicted molar refractivity (Wildman–Crippen MR) is 61.2 cm³/mol. The van der Waals surface area contributed by atoms with Gasteiger partial charge in [-0.25, -0.2) is 0 Å². The highest BCUT2D eigenvalue weighted by Gasteiger charge is 2.51. The zero-order chi connectivity index (χ0) is 10.4. The summed E-state index contributed by atoms with van der Waals surface area (Å²) >= 11 is 3.41. The highest BCUT2D eigenvalue weighted by Crippen LogP contribution is 2.46. The van der Waals surface area contributed by atoms with Crippen molar-refractivity contribution in [2.24, 2.45) is 11.8 Å². The number of hydrogen-bond acceptors (Lipinski definition) is 1. The van der Waals surface area contributed by atoms with Crippen LogP contribution in [-0.4, -0.2) is 17.4 Å². The molecule has 78 valence electrons. The third kappa shape index (κ3) is 1.69. The van der Waals surface area contributed by atoms with E-state index in [9.17, 15) is 4.79 Å². The number of hydrogen-bond donors (Lipinski definition) is 0. The molecule has 0 spiro atoms. The van der Waals surface area contributed by atoms with Gasteiger partial charge in [0.2, 0.25) is 5.91 Å². The van der Waals surface area contributed by atoms with E-state index >= 15 is 0 Å². The number of halogens is 1. The summed E-state index contributed by atoms with van der Waals surface area (Å²) < 4.78 is 1.09. The number of nitrogens with zero attached hydrogens (tertiary/aromatic N) is 1.